The Kier molecular flexibility index (Phi) is 2.96. The fourth-order valence-corrected chi connectivity index (χ4v) is 1.72. The van der Waals surface area contributed by atoms with Crippen molar-refractivity contribution in [2.45, 2.75) is 6.54 Å². The van der Waals surface area contributed by atoms with Gasteiger partial charge in [0, 0.05) is 25.1 Å². The van der Waals surface area contributed by atoms with Gasteiger partial charge in [-0.05, 0) is 11.6 Å². The number of fused-ring (bicyclic) bond motifs is 1. The molecule has 3 aromatic rings. The Hall–Kier alpha value is -3.03. The van der Waals surface area contributed by atoms with Crippen molar-refractivity contribution in [3.63, 3.8) is 0 Å². The fraction of sp³-hybridized carbons (Fsp3) is 0.0833. The molecule has 0 fully saturated rings. The first-order valence-corrected chi connectivity index (χ1v) is 5.80. The molecule has 0 unspecified atom stereocenters. The van der Waals surface area contributed by atoms with Crippen LogP contribution in [0.5, 0.6) is 0 Å². The zero-order valence-electron chi connectivity index (χ0n) is 10.3. The van der Waals surface area contributed by atoms with Gasteiger partial charge in [0.05, 0.1) is 0 Å². The third kappa shape index (κ3) is 2.26. The topological polar surface area (TPSA) is 105 Å². The number of carboxylic acid groups (broad SMARTS) is 1. The lowest BCUT2D eigenvalue weighted by Crippen LogP contribution is -2.05. The van der Waals surface area contributed by atoms with E-state index in [1.165, 1.54) is 12.3 Å². The van der Waals surface area contributed by atoms with Crippen LogP contribution < -0.4 is 5.32 Å². The molecule has 0 aliphatic heterocycles. The van der Waals surface area contributed by atoms with E-state index in [9.17, 15) is 4.79 Å². The van der Waals surface area contributed by atoms with Crippen molar-refractivity contribution < 1.29 is 9.90 Å². The summed E-state index contributed by atoms with van der Waals surface area (Å²) in [4.78, 5) is 18.7. The van der Waals surface area contributed by atoms with Crippen molar-refractivity contribution in [3.8, 4) is 0 Å². The van der Waals surface area contributed by atoms with E-state index >= 15 is 0 Å². The second-order valence-corrected chi connectivity index (χ2v) is 4.05. The van der Waals surface area contributed by atoms with Crippen LogP contribution in [-0.2, 0) is 6.54 Å². The van der Waals surface area contributed by atoms with Crippen molar-refractivity contribution >= 4 is 17.4 Å². The third-order valence-electron chi connectivity index (χ3n) is 2.72. The highest BCUT2D eigenvalue weighted by atomic mass is 16.4. The molecule has 8 heteroatoms. The summed E-state index contributed by atoms with van der Waals surface area (Å²) >= 11 is 0. The Morgan fingerprint density at radius 2 is 2.25 bits per heavy atom. The Labute approximate surface area is 113 Å². The predicted octanol–water partition coefficient (Wildman–Crippen LogP) is 0.830. The zero-order chi connectivity index (χ0) is 13.9. The summed E-state index contributed by atoms with van der Waals surface area (Å²) in [5, 5.41) is 19.7. The summed E-state index contributed by atoms with van der Waals surface area (Å²) < 4.78 is 1.75. The highest BCUT2D eigenvalue weighted by Gasteiger charge is 2.06. The van der Waals surface area contributed by atoms with E-state index < -0.39 is 5.97 Å². The number of rotatable bonds is 4. The maximum atomic E-state index is 10.7. The van der Waals surface area contributed by atoms with E-state index in [0.717, 1.165) is 5.56 Å². The minimum absolute atomic E-state index is 0.0198. The van der Waals surface area contributed by atoms with Crippen molar-refractivity contribution in [2.75, 3.05) is 5.32 Å². The van der Waals surface area contributed by atoms with Gasteiger partial charge in [-0.3, -0.25) is 4.40 Å². The first-order chi connectivity index (χ1) is 9.74. The molecule has 0 saturated heterocycles. The summed E-state index contributed by atoms with van der Waals surface area (Å²) in [6.45, 7) is 0.465. The van der Waals surface area contributed by atoms with Gasteiger partial charge >= 0.3 is 5.97 Å². The van der Waals surface area contributed by atoms with Crippen LogP contribution in [0.3, 0.4) is 0 Å². The first kappa shape index (κ1) is 12.0. The summed E-state index contributed by atoms with van der Waals surface area (Å²) in [6, 6.07) is 3.16. The molecule has 0 saturated carbocycles. The van der Waals surface area contributed by atoms with E-state index in [2.05, 4.69) is 25.5 Å². The average molecular weight is 270 g/mol. The Morgan fingerprint density at radius 1 is 1.35 bits per heavy atom. The molecular formula is C12H10N6O2. The highest BCUT2D eigenvalue weighted by Crippen LogP contribution is 2.11. The number of hydrogen-bond donors (Lipinski definition) is 2. The van der Waals surface area contributed by atoms with Crippen molar-refractivity contribution in [1.29, 1.82) is 0 Å². The van der Waals surface area contributed by atoms with Gasteiger partial charge in [0.1, 0.15) is 12.0 Å². The molecule has 2 N–H and O–H groups in total. The van der Waals surface area contributed by atoms with Crippen LogP contribution in [0.4, 0.5) is 5.82 Å². The maximum absolute atomic E-state index is 10.7. The van der Waals surface area contributed by atoms with Crippen LogP contribution in [0, 0.1) is 0 Å². The maximum Gasteiger partial charge on any atom is 0.354 e. The van der Waals surface area contributed by atoms with Gasteiger partial charge in [-0.2, -0.15) is 0 Å². The number of carbonyl (C=O) groups is 1. The SMILES string of the molecule is O=C(O)c1ccc(CNc2nccn3cnnc23)cn1. The molecule has 0 bridgehead atoms. The van der Waals surface area contributed by atoms with Gasteiger partial charge in [-0.1, -0.05) is 6.07 Å². The van der Waals surface area contributed by atoms with Crippen LogP contribution in [0.1, 0.15) is 16.1 Å². The summed E-state index contributed by atoms with van der Waals surface area (Å²) in [6.07, 6.45) is 6.50. The number of aromatic nitrogens is 5. The number of nitrogens with one attached hydrogen (secondary N) is 1. The Bertz CT molecular complexity index is 752. The molecule has 0 aliphatic rings. The lowest BCUT2D eigenvalue weighted by atomic mass is 10.2. The molecule has 8 nitrogen and oxygen atoms in total. The normalized spacial score (nSPS) is 10.6. The van der Waals surface area contributed by atoms with Crippen LogP contribution in [0.25, 0.3) is 5.65 Å². The molecule has 20 heavy (non-hydrogen) atoms. The van der Waals surface area contributed by atoms with Crippen LogP contribution >= 0.6 is 0 Å². The Balaban J connectivity index is 1.76. The highest BCUT2D eigenvalue weighted by molar-refractivity contribution is 5.85. The largest absolute Gasteiger partial charge is 0.477 e. The van der Waals surface area contributed by atoms with E-state index in [1.807, 2.05) is 0 Å². The van der Waals surface area contributed by atoms with E-state index in [1.54, 1.807) is 29.2 Å². The van der Waals surface area contributed by atoms with Crippen molar-refractivity contribution in [3.05, 3.63) is 48.3 Å². The number of carboxylic acids is 1. The van der Waals surface area contributed by atoms with Gasteiger partial charge in [-0.15, -0.1) is 10.2 Å². The lowest BCUT2D eigenvalue weighted by Gasteiger charge is -2.06. The van der Waals surface area contributed by atoms with Crippen LogP contribution in [0.2, 0.25) is 0 Å². The molecule has 3 aromatic heterocycles. The summed E-state index contributed by atoms with van der Waals surface area (Å²) in [5.74, 6) is -0.438. The van der Waals surface area contributed by atoms with Crippen LogP contribution in [0.15, 0.2) is 37.1 Å². The quantitative estimate of drug-likeness (QED) is 0.723. The summed E-state index contributed by atoms with van der Waals surface area (Å²) in [5.41, 5.74) is 1.49. The summed E-state index contributed by atoms with van der Waals surface area (Å²) in [7, 11) is 0. The molecule has 100 valence electrons. The number of hydrogen-bond acceptors (Lipinski definition) is 6. The molecular weight excluding hydrogens is 260 g/mol. The lowest BCUT2D eigenvalue weighted by molar-refractivity contribution is 0.0690. The molecule has 0 atom stereocenters. The van der Waals surface area contributed by atoms with Crippen LogP contribution in [-0.4, -0.2) is 35.6 Å². The predicted molar refractivity (Wildman–Crippen MR) is 69.3 cm³/mol. The fourth-order valence-electron chi connectivity index (χ4n) is 1.72. The molecule has 0 aromatic carbocycles. The zero-order valence-corrected chi connectivity index (χ0v) is 10.3. The number of anilines is 1. The molecule has 0 amide bonds. The second kappa shape index (κ2) is 4.92. The third-order valence-corrected chi connectivity index (χ3v) is 2.72. The van der Waals surface area contributed by atoms with Gasteiger partial charge in [0.25, 0.3) is 0 Å². The smallest absolute Gasteiger partial charge is 0.354 e. The molecule has 0 aliphatic carbocycles. The van der Waals surface area contributed by atoms with E-state index in [4.69, 9.17) is 5.11 Å². The molecule has 0 spiro atoms. The molecule has 0 radical (unpaired) electrons. The monoisotopic (exact) mass is 270 g/mol. The van der Waals surface area contributed by atoms with Gasteiger partial charge in [0.2, 0.25) is 5.65 Å². The number of aromatic carboxylic acids is 1. The van der Waals surface area contributed by atoms with E-state index in [0.29, 0.717) is 18.0 Å². The van der Waals surface area contributed by atoms with Gasteiger partial charge in [0.15, 0.2) is 5.82 Å². The standard InChI is InChI=1S/C12H10N6O2/c19-12(20)9-2-1-8(5-14-9)6-15-10-11-17-16-7-18(11)4-3-13-10/h1-5,7H,6H2,(H,13,15)(H,19,20). The van der Waals surface area contributed by atoms with Crippen molar-refractivity contribution in [2.24, 2.45) is 0 Å². The molecule has 3 rings (SSSR count). The number of nitrogens with zero attached hydrogens (tertiary/aromatic N) is 5. The second-order valence-electron chi connectivity index (χ2n) is 4.05. The minimum atomic E-state index is -1.04. The molecule has 3 heterocycles. The minimum Gasteiger partial charge on any atom is -0.477 e. The number of pyridine rings is 1. The van der Waals surface area contributed by atoms with Gasteiger partial charge in [-0.25, -0.2) is 14.8 Å². The van der Waals surface area contributed by atoms with Gasteiger partial charge < -0.3 is 10.4 Å². The Morgan fingerprint density at radius 3 is 3.00 bits per heavy atom. The van der Waals surface area contributed by atoms with E-state index in [-0.39, 0.29) is 5.69 Å². The first-order valence-electron chi connectivity index (χ1n) is 5.80. The average Bonchev–Trinajstić information content (AvgIpc) is 2.94. The van der Waals surface area contributed by atoms with Crippen molar-refractivity contribution in [1.82, 2.24) is 24.6 Å².